The lowest BCUT2D eigenvalue weighted by molar-refractivity contribution is -0.459. The van der Waals surface area contributed by atoms with Gasteiger partial charge in [0.1, 0.15) is 5.76 Å². The molecule has 1 atom stereocenters. The summed E-state index contributed by atoms with van der Waals surface area (Å²) in [4.78, 5) is 11.2. The molecule has 1 heterocycles. The van der Waals surface area contributed by atoms with E-state index in [1.165, 1.54) is 25.5 Å². The van der Waals surface area contributed by atoms with Crippen LogP contribution in [-0.4, -0.2) is 16.7 Å². The normalized spacial score (nSPS) is 14.4. The van der Waals surface area contributed by atoms with Gasteiger partial charge >= 0.3 is 0 Å². The number of azo groups is 1. The second-order valence-corrected chi connectivity index (χ2v) is 3.04. The van der Waals surface area contributed by atoms with Crippen molar-refractivity contribution in [3.63, 3.8) is 0 Å². The number of nitrogens with zero attached hydrogens (tertiary/aromatic N) is 2. The number of carbonyl (C=O) groups is 1. The highest BCUT2D eigenvalue weighted by atomic mass is 16.5. The van der Waals surface area contributed by atoms with E-state index in [4.69, 9.17) is 4.42 Å². The summed E-state index contributed by atoms with van der Waals surface area (Å²) in [5, 5.41) is 14.7. The van der Waals surface area contributed by atoms with Crippen LogP contribution in [0.25, 0.3) is 6.08 Å². The lowest BCUT2D eigenvalue weighted by atomic mass is 10.3. The molecule has 0 aliphatic carbocycles. The maximum atomic E-state index is 11.1. The Morgan fingerprint density at radius 1 is 1.73 bits per heavy atom. The lowest BCUT2D eigenvalue weighted by Crippen LogP contribution is -2.12. The first kappa shape index (κ1) is 11.2. The Kier molecular flexibility index (Phi) is 3.79. The van der Waals surface area contributed by atoms with Gasteiger partial charge in [-0.25, -0.2) is 0 Å². The van der Waals surface area contributed by atoms with Gasteiger partial charge in [-0.05, 0) is 31.1 Å². The minimum Gasteiger partial charge on any atom is -0.595 e. The largest absolute Gasteiger partial charge is 0.595 e. The molecule has 0 amide bonds. The Balaban J connectivity index is 2.62. The molecule has 0 aromatic carbocycles. The van der Waals surface area contributed by atoms with Crippen molar-refractivity contribution in [1.82, 2.24) is 0 Å². The van der Waals surface area contributed by atoms with E-state index in [1.54, 1.807) is 19.1 Å². The molecule has 15 heavy (non-hydrogen) atoms. The van der Waals surface area contributed by atoms with Crippen molar-refractivity contribution in [3.05, 3.63) is 35.6 Å². The van der Waals surface area contributed by atoms with E-state index in [0.717, 1.165) is 0 Å². The van der Waals surface area contributed by atoms with Gasteiger partial charge in [0.2, 0.25) is 6.20 Å². The Morgan fingerprint density at radius 3 is 3.00 bits per heavy atom. The minimum absolute atomic E-state index is 0.151. The molecule has 0 saturated heterocycles. The van der Waals surface area contributed by atoms with E-state index in [0.29, 0.717) is 10.6 Å². The Labute approximate surface area is 87.3 Å². The second kappa shape index (κ2) is 5.09. The SMILES string of the molecule is CC(=O)C(C)N=[N+]([O-])/C=C/c1ccco1. The van der Waals surface area contributed by atoms with Gasteiger partial charge in [-0.15, -0.1) is 0 Å². The van der Waals surface area contributed by atoms with Crippen LogP contribution in [0.1, 0.15) is 19.6 Å². The topological polar surface area (TPSA) is 68.6 Å². The maximum absolute atomic E-state index is 11.1. The fraction of sp³-hybridized carbons (Fsp3) is 0.300. The second-order valence-electron chi connectivity index (χ2n) is 3.04. The van der Waals surface area contributed by atoms with E-state index >= 15 is 0 Å². The van der Waals surface area contributed by atoms with Crippen LogP contribution in [0.4, 0.5) is 0 Å². The molecule has 0 N–H and O–H groups in total. The molecule has 0 spiro atoms. The smallest absolute Gasteiger partial charge is 0.213 e. The van der Waals surface area contributed by atoms with Crippen LogP contribution >= 0.6 is 0 Å². The summed E-state index contributed by atoms with van der Waals surface area (Å²) < 4.78 is 4.98. The molecular formula is C10H12N2O3. The zero-order valence-corrected chi connectivity index (χ0v) is 8.58. The standard InChI is InChI=1S/C10H12N2O3/c1-8(9(2)13)11-12(14)6-5-10-4-3-7-15-10/h3-8H,1-2H3/b6-5+,12-11?. The molecule has 80 valence electrons. The van der Waals surface area contributed by atoms with Crippen LogP contribution in [0.5, 0.6) is 0 Å². The molecule has 0 aliphatic heterocycles. The van der Waals surface area contributed by atoms with Crippen LogP contribution in [0.15, 0.2) is 34.1 Å². The number of ketones is 1. The summed E-state index contributed by atoms with van der Waals surface area (Å²) in [6.07, 6.45) is 4.17. The van der Waals surface area contributed by atoms with Crippen molar-refractivity contribution in [2.75, 3.05) is 0 Å². The van der Waals surface area contributed by atoms with Crippen LogP contribution in [0.2, 0.25) is 0 Å². The van der Waals surface area contributed by atoms with Crippen molar-refractivity contribution in [3.8, 4) is 0 Å². The van der Waals surface area contributed by atoms with E-state index in [1.807, 2.05) is 0 Å². The van der Waals surface area contributed by atoms with Gasteiger partial charge in [0.05, 0.1) is 6.26 Å². The number of rotatable bonds is 4. The zero-order chi connectivity index (χ0) is 11.3. The monoisotopic (exact) mass is 208 g/mol. The molecule has 0 fully saturated rings. The molecule has 0 saturated carbocycles. The Bertz CT molecular complexity index is 379. The molecule has 5 heteroatoms. The van der Waals surface area contributed by atoms with Crippen LogP contribution in [0, 0.1) is 5.21 Å². The fourth-order valence-corrected chi connectivity index (χ4v) is 0.814. The quantitative estimate of drug-likeness (QED) is 0.432. The average Bonchev–Trinajstić information content (AvgIpc) is 2.66. The van der Waals surface area contributed by atoms with E-state index < -0.39 is 6.04 Å². The summed E-state index contributed by atoms with van der Waals surface area (Å²) in [5.41, 5.74) is 0. The highest BCUT2D eigenvalue weighted by molar-refractivity contribution is 5.80. The van der Waals surface area contributed by atoms with Crippen molar-refractivity contribution in [2.45, 2.75) is 19.9 Å². The summed E-state index contributed by atoms with van der Waals surface area (Å²) >= 11 is 0. The summed E-state index contributed by atoms with van der Waals surface area (Å²) in [7, 11) is 0. The molecule has 1 unspecified atom stereocenters. The molecular weight excluding hydrogens is 196 g/mol. The van der Waals surface area contributed by atoms with Crippen LogP contribution in [0.3, 0.4) is 0 Å². The number of carbonyl (C=O) groups excluding carboxylic acids is 1. The number of furan rings is 1. The first-order valence-corrected chi connectivity index (χ1v) is 4.49. The van der Waals surface area contributed by atoms with E-state index in [-0.39, 0.29) is 5.78 Å². The highest BCUT2D eigenvalue weighted by Gasteiger charge is 2.08. The first-order chi connectivity index (χ1) is 7.09. The van der Waals surface area contributed by atoms with Gasteiger partial charge in [-0.1, -0.05) is 4.86 Å². The predicted molar refractivity (Wildman–Crippen MR) is 53.9 cm³/mol. The van der Waals surface area contributed by atoms with Crippen molar-refractivity contribution in [1.29, 1.82) is 0 Å². The van der Waals surface area contributed by atoms with Gasteiger partial charge in [0, 0.05) is 6.08 Å². The molecule has 0 radical (unpaired) electrons. The minimum atomic E-state index is -0.622. The third kappa shape index (κ3) is 3.76. The predicted octanol–water partition coefficient (Wildman–Crippen LogP) is 2.19. The number of Topliss-reactive ketones (excluding diaryl/α,β-unsaturated/α-hetero) is 1. The van der Waals surface area contributed by atoms with Gasteiger partial charge < -0.3 is 9.62 Å². The highest BCUT2D eigenvalue weighted by Crippen LogP contribution is 2.02. The number of hydrogen-bond acceptors (Lipinski definition) is 4. The molecule has 5 nitrogen and oxygen atoms in total. The maximum Gasteiger partial charge on any atom is 0.213 e. The van der Waals surface area contributed by atoms with E-state index in [9.17, 15) is 10.0 Å². The van der Waals surface area contributed by atoms with Crippen molar-refractivity contribution >= 4 is 11.9 Å². The number of hydrogen-bond donors (Lipinski definition) is 0. The van der Waals surface area contributed by atoms with Gasteiger partial charge in [-0.2, -0.15) is 0 Å². The Morgan fingerprint density at radius 2 is 2.47 bits per heavy atom. The first-order valence-electron chi connectivity index (χ1n) is 4.49. The van der Waals surface area contributed by atoms with Crippen LogP contribution < -0.4 is 0 Å². The summed E-state index contributed by atoms with van der Waals surface area (Å²) in [6.45, 7) is 2.95. The van der Waals surface area contributed by atoms with Crippen LogP contribution in [-0.2, 0) is 4.79 Å². The number of hydroxylamine groups is 1. The third-order valence-corrected chi connectivity index (χ3v) is 1.78. The fourth-order valence-electron chi connectivity index (χ4n) is 0.814. The summed E-state index contributed by atoms with van der Waals surface area (Å²) in [5.74, 6) is 0.406. The molecule has 1 aromatic rings. The van der Waals surface area contributed by atoms with Gasteiger partial charge in [0.25, 0.3) is 0 Å². The van der Waals surface area contributed by atoms with E-state index in [2.05, 4.69) is 5.11 Å². The molecule has 1 rings (SSSR count). The average molecular weight is 208 g/mol. The molecule has 1 aromatic heterocycles. The third-order valence-electron chi connectivity index (χ3n) is 1.78. The molecule has 0 aliphatic rings. The van der Waals surface area contributed by atoms with Gasteiger partial charge in [0.15, 0.2) is 11.8 Å². The molecule has 0 bridgehead atoms. The zero-order valence-electron chi connectivity index (χ0n) is 8.58. The van der Waals surface area contributed by atoms with Gasteiger partial charge in [-0.3, -0.25) is 4.79 Å². The van der Waals surface area contributed by atoms with Crippen molar-refractivity contribution < 1.29 is 14.1 Å². The lowest BCUT2D eigenvalue weighted by Gasteiger charge is -1.97. The summed E-state index contributed by atoms with van der Waals surface area (Å²) in [6, 6.07) is 2.80. The van der Waals surface area contributed by atoms with Crippen molar-refractivity contribution in [2.24, 2.45) is 5.11 Å². The Hall–Kier alpha value is -1.91.